The highest BCUT2D eigenvalue weighted by atomic mass is 31.2. The highest BCUT2D eigenvalue weighted by molar-refractivity contribution is 7.47. The van der Waals surface area contributed by atoms with E-state index in [-0.39, 0.29) is 32.1 Å². The number of hydrogen-bond donors (Lipinski definition) is 3. The lowest BCUT2D eigenvalue weighted by atomic mass is 10.0. The molecule has 0 saturated carbocycles. The summed E-state index contributed by atoms with van der Waals surface area (Å²) in [6.07, 6.45) is 49.3. The van der Waals surface area contributed by atoms with Crippen LogP contribution in [0.25, 0.3) is 0 Å². The molecule has 0 aliphatic heterocycles. The van der Waals surface area contributed by atoms with Crippen molar-refractivity contribution in [2.75, 3.05) is 26.4 Å². The first-order valence-corrected chi connectivity index (χ1v) is 25.0. The van der Waals surface area contributed by atoms with Crippen molar-refractivity contribution < 1.29 is 37.9 Å². The standard InChI is InChI=1S/C47H88NO8P/c1-3-5-7-9-11-13-15-17-18-19-20-21-22-23-24-25-26-28-30-32-34-36-38-40-47(51)54-43-45(49)44-56-57(52,53)55-42-41-48-46(50)39-37-35-33-31-29-27-16-14-12-10-8-6-4-2/h11,13,17-18,20-21,45,49H,3-10,12,14-16,19,22-44H2,1-2H3,(H,48,50)(H,52,53)/b13-11-,18-17-,21-20-. The molecule has 0 saturated heterocycles. The first-order valence-electron chi connectivity index (χ1n) is 23.5. The van der Waals surface area contributed by atoms with Gasteiger partial charge in [0.05, 0.1) is 13.2 Å². The summed E-state index contributed by atoms with van der Waals surface area (Å²) in [5.74, 6) is -0.515. The Morgan fingerprint density at radius 3 is 1.46 bits per heavy atom. The zero-order chi connectivity index (χ0) is 41.8. The van der Waals surface area contributed by atoms with Gasteiger partial charge in [0.25, 0.3) is 0 Å². The van der Waals surface area contributed by atoms with Gasteiger partial charge in [0.15, 0.2) is 0 Å². The Morgan fingerprint density at radius 1 is 0.544 bits per heavy atom. The normalized spacial score (nSPS) is 13.5. The van der Waals surface area contributed by atoms with Crippen molar-refractivity contribution in [1.29, 1.82) is 0 Å². The number of ether oxygens (including phenoxy) is 1. The number of esters is 1. The van der Waals surface area contributed by atoms with E-state index in [1.165, 1.54) is 141 Å². The number of aliphatic hydroxyl groups excluding tert-OH is 1. The van der Waals surface area contributed by atoms with Gasteiger partial charge in [-0.3, -0.25) is 18.6 Å². The van der Waals surface area contributed by atoms with Gasteiger partial charge < -0.3 is 20.1 Å². The second kappa shape index (κ2) is 43.8. The summed E-state index contributed by atoms with van der Waals surface area (Å²) in [7, 11) is -4.42. The van der Waals surface area contributed by atoms with Crippen LogP contribution >= 0.6 is 7.82 Å². The summed E-state index contributed by atoms with van der Waals surface area (Å²) in [5.41, 5.74) is 0. The molecule has 0 heterocycles. The van der Waals surface area contributed by atoms with Crippen molar-refractivity contribution in [1.82, 2.24) is 5.32 Å². The minimum Gasteiger partial charge on any atom is -0.463 e. The van der Waals surface area contributed by atoms with Crippen LogP contribution in [0.4, 0.5) is 0 Å². The highest BCUT2D eigenvalue weighted by Crippen LogP contribution is 2.42. The summed E-state index contributed by atoms with van der Waals surface area (Å²) >= 11 is 0. The number of carbonyl (C=O) groups excluding carboxylic acids is 2. The smallest absolute Gasteiger partial charge is 0.463 e. The molecule has 0 bridgehead atoms. The van der Waals surface area contributed by atoms with Crippen LogP contribution < -0.4 is 5.32 Å². The number of nitrogens with one attached hydrogen (secondary N) is 1. The SMILES string of the molecule is CCCCC/C=C\C/C=C\C/C=C\CCCCCCCCCCCCC(=O)OCC(O)COP(=O)(O)OCCNC(=O)CCCCCCCCCCCCCCC. The van der Waals surface area contributed by atoms with E-state index in [9.17, 15) is 24.2 Å². The van der Waals surface area contributed by atoms with Gasteiger partial charge in [-0.2, -0.15) is 0 Å². The van der Waals surface area contributed by atoms with Gasteiger partial charge in [0, 0.05) is 19.4 Å². The van der Waals surface area contributed by atoms with Crippen LogP contribution in [0, 0.1) is 0 Å². The van der Waals surface area contributed by atoms with E-state index in [1.807, 2.05) is 0 Å². The zero-order valence-corrected chi connectivity index (χ0v) is 37.7. The van der Waals surface area contributed by atoms with E-state index in [2.05, 4.69) is 55.6 Å². The molecule has 0 aromatic carbocycles. The molecule has 1 amide bonds. The number of allylic oxidation sites excluding steroid dienone is 6. The molecule has 9 nitrogen and oxygen atoms in total. The van der Waals surface area contributed by atoms with Gasteiger partial charge in [-0.25, -0.2) is 4.57 Å². The quantitative estimate of drug-likeness (QED) is 0.0239. The molecular weight excluding hydrogens is 737 g/mol. The molecular formula is C47H88NO8P. The van der Waals surface area contributed by atoms with Crippen LogP contribution in [0.15, 0.2) is 36.5 Å². The average Bonchev–Trinajstić information content (AvgIpc) is 3.20. The van der Waals surface area contributed by atoms with Crippen LogP contribution in [0.1, 0.15) is 219 Å². The maximum absolute atomic E-state index is 12.1. The zero-order valence-electron chi connectivity index (χ0n) is 36.8. The molecule has 0 aromatic heterocycles. The summed E-state index contributed by atoms with van der Waals surface area (Å²) < 4.78 is 26.9. The molecule has 0 aliphatic carbocycles. The highest BCUT2D eigenvalue weighted by Gasteiger charge is 2.23. The van der Waals surface area contributed by atoms with Crippen LogP contribution in [0.3, 0.4) is 0 Å². The Morgan fingerprint density at radius 2 is 0.947 bits per heavy atom. The Bertz CT molecular complexity index is 1030. The van der Waals surface area contributed by atoms with Crippen molar-refractivity contribution >= 4 is 19.7 Å². The van der Waals surface area contributed by atoms with E-state index < -0.39 is 26.5 Å². The van der Waals surface area contributed by atoms with E-state index in [0.717, 1.165) is 51.4 Å². The van der Waals surface area contributed by atoms with Crippen LogP contribution in [-0.4, -0.2) is 54.3 Å². The Kier molecular flexibility index (Phi) is 42.4. The van der Waals surface area contributed by atoms with Crippen LogP contribution in [0.2, 0.25) is 0 Å². The van der Waals surface area contributed by atoms with Gasteiger partial charge in [-0.05, 0) is 51.4 Å². The molecule has 0 spiro atoms. The lowest BCUT2D eigenvalue weighted by molar-refractivity contribution is -0.147. The van der Waals surface area contributed by atoms with E-state index >= 15 is 0 Å². The number of phosphoric ester groups is 1. The minimum absolute atomic E-state index is 0.0838. The van der Waals surface area contributed by atoms with E-state index in [0.29, 0.717) is 6.42 Å². The van der Waals surface area contributed by atoms with Gasteiger partial charge in [-0.15, -0.1) is 0 Å². The van der Waals surface area contributed by atoms with Crippen molar-refractivity contribution in [2.45, 2.75) is 225 Å². The van der Waals surface area contributed by atoms with Gasteiger partial charge in [0.1, 0.15) is 12.7 Å². The van der Waals surface area contributed by atoms with Gasteiger partial charge in [0.2, 0.25) is 5.91 Å². The lowest BCUT2D eigenvalue weighted by Gasteiger charge is -2.15. The number of amides is 1. The Balaban J connectivity index is 3.57. The fraction of sp³-hybridized carbons (Fsp3) is 0.830. The van der Waals surface area contributed by atoms with Gasteiger partial charge in [-0.1, -0.05) is 192 Å². The number of unbranched alkanes of at least 4 members (excludes halogenated alkanes) is 25. The second-order valence-electron chi connectivity index (χ2n) is 15.7. The predicted molar refractivity (Wildman–Crippen MR) is 238 cm³/mol. The first-order chi connectivity index (χ1) is 27.8. The van der Waals surface area contributed by atoms with Crippen molar-refractivity contribution in [3.8, 4) is 0 Å². The lowest BCUT2D eigenvalue weighted by Crippen LogP contribution is -2.27. The third-order valence-electron chi connectivity index (χ3n) is 10.1. The first kappa shape index (κ1) is 55.2. The molecule has 0 fully saturated rings. The maximum atomic E-state index is 12.1. The minimum atomic E-state index is -4.42. The predicted octanol–water partition coefficient (Wildman–Crippen LogP) is 13.3. The van der Waals surface area contributed by atoms with Crippen LogP contribution in [0.5, 0.6) is 0 Å². The van der Waals surface area contributed by atoms with E-state index in [1.54, 1.807) is 0 Å². The number of aliphatic hydroxyl groups is 1. The van der Waals surface area contributed by atoms with E-state index in [4.69, 9.17) is 13.8 Å². The summed E-state index contributed by atoms with van der Waals surface area (Å²) in [5, 5.41) is 12.7. The van der Waals surface area contributed by atoms with Crippen LogP contribution in [-0.2, 0) is 27.9 Å². The molecule has 2 atom stereocenters. The third kappa shape index (κ3) is 45.2. The topological polar surface area (TPSA) is 131 Å². The fourth-order valence-electron chi connectivity index (χ4n) is 6.51. The molecule has 10 heteroatoms. The molecule has 3 N–H and O–H groups in total. The third-order valence-corrected chi connectivity index (χ3v) is 11.1. The molecule has 2 unspecified atom stereocenters. The number of phosphoric acid groups is 1. The van der Waals surface area contributed by atoms with Gasteiger partial charge >= 0.3 is 13.8 Å². The molecule has 0 aliphatic rings. The second-order valence-corrected chi connectivity index (χ2v) is 17.2. The van der Waals surface area contributed by atoms with Crippen molar-refractivity contribution in [2.24, 2.45) is 0 Å². The number of rotatable bonds is 44. The van der Waals surface area contributed by atoms with Crippen molar-refractivity contribution in [3.63, 3.8) is 0 Å². The maximum Gasteiger partial charge on any atom is 0.472 e. The fourth-order valence-corrected chi connectivity index (χ4v) is 7.26. The molecule has 0 aromatic rings. The largest absolute Gasteiger partial charge is 0.472 e. The Labute approximate surface area is 350 Å². The van der Waals surface area contributed by atoms with Crippen molar-refractivity contribution in [3.05, 3.63) is 36.5 Å². The number of hydrogen-bond acceptors (Lipinski definition) is 7. The molecule has 334 valence electrons. The summed E-state index contributed by atoms with van der Waals surface area (Å²) in [4.78, 5) is 33.9. The Hall–Kier alpha value is -1.77. The summed E-state index contributed by atoms with van der Waals surface area (Å²) in [6.45, 7) is 3.54. The molecule has 0 rings (SSSR count). The monoisotopic (exact) mass is 826 g/mol. The average molecular weight is 826 g/mol. The molecule has 57 heavy (non-hydrogen) atoms. The molecule has 0 radical (unpaired) electrons. The summed E-state index contributed by atoms with van der Waals surface area (Å²) in [6, 6.07) is 0. The number of carbonyl (C=O) groups is 2.